The summed E-state index contributed by atoms with van der Waals surface area (Å²) in [4.78, 5) is 5.39. The highest BCUT2D eigenvalue weighted by atomic mass is 15.4. The van der Waals surface area contributed by atoms with Gasteiger partial charge in [-0.15, -0.1) is 0 Å². The fraction of sp³-hybridized carbons (Fsp3) is 0.951. The Kier molecular flexibility index (Phi) is 30.7. The van der Waals surface area contributed by atoms with E-state index in [1.165, 1.54) is 225 Å². The average Bonchev–Trinajstić information content (AvgIpc) is 3.40. The van der Waals surface area contributed by atoms with Crippen LogP contribution in [-0.2, 0) is 0 Å². The first-order valence-corrected chi connectivity index (χ1v) is 20.5. The van der Waals surface area contributed by atoms with Crippen molar-refractivity contribution in [2.24, 2.45) is 0 Å². The number of nitrogens with zero attached hydrogens (tertiary/aromatic N) is 2. The van der Waals surface area contributed by atoms with Crippen LogP contribution in [0.1, 0.15) is 233 Å². The van der Waals surface area contributed by atoms with Crippen LogP contribution in [-0.4, -0.2) is 29.1 Å². The molecule has 1 rings (SSSR count). The fourth-order valence-electron chi connectivity index (χ4n) is 7.07. The Bertz CT molecular complexity index is 558. The summed E-state index contributed by atoms with van der Waals surface area (Å²) in [5.41, 5.74) is 0. The molecule has 2 nitrogen and oxygen atoms in total. The highest BCUT2D eigenvalue weighted by molar-refractivity contribution is 4.97. The minimum atomic E-state index is 0.640. The molecule has 1 aliphatic heterocycles. The smallest absolute Gasteiger partial charge is 0.101 e. The van der Waals surface area contributed by atoms with Crippen molar-refractivity contribution < 1.29 is 0 Å². The van der Waals surface area contributed by atoms with Crippen molar-refractivity contribution in [3.05, 3.63) is 12.4 Å². The first-order valence-electron chi connectivity index (χ1n) is 20.5. The molecule has 1 atom stereocenters. The maximum Gasteiger partial charge on any atom is 0.101 e. The molecule has 256 valence electrons. The molecule has 1 unspecified atom stereocenters. The summed E-state index contributed by atoms with van der Waals surface area (Å²) >= 11 is 0. The van der Waals surface area contributed by atoms with E-state index in [1.807, 2.05) is 0 Å². The van der Waals surface area contributed by atoms with E-state index in [0.717, 1.165) is 0 Å². The fourth-order valence-corrected chi connectivity index (χ4v) is 7.07. The summed E-state index contributed by atoms with van der Waals surface area (Å²) in [6.45, 7) is 9.47. The van der Waals surface area contributed by atoms with Crippen LogP contribution in [0.4, 0.5) is 0 Å². The molecule has 1 heterocycles. The Hall–Kier alpha value is -0.660. The van der Waals surface area contributed by atoms with E-state index in [1.54, 1.807) is 0 Å². The third-order valence-electron chi connectivity index (χ3n) is 10.1. The van der Waals surface area contributed by atoms with Crippen molar-refractivity contribution >= 4 is 0 Å². The Balaban J connectivity index is 2.06. The van der Waals surface area contributed by atoms with E-state index in [2.05, 4.69) is 43.0 Å². The van der Waals surface area contributed by atoms with Gasteiger partial charge in [0.15, 0.2) is 0 Å². The molecule has 0 aliphatic carbocycles. The van der Waals surface area contributed by atoms with E-state index in [9.17, 15) is 0 Å². The zero-order valence-corrected chi connectivity index (χ0v) is 30.4. The molecule has 2 heteroatoms. The van der Waals surface area contributed by atoms with Crippen molar-refractivity contribution in [2.45, 2.75) is 239 Å². The van der Waals surface area contributed by atoms with E-state index in [-0.39, 0.29) is 0 Å². The lowest BCUT2D eigenvalue weighted by molar-refractivity contribution is 0.135. The molecule has 0 radical (unpaired) electrons. The SMILES string of the molecule is CCCCCCCCCCCCCCCCCN1C=CN(CCCCC)C1CCCCCCCCCCCCCCCC. The maximum absolute atomic E-state index is 2.70. The van der Waals surface area contributed by atoms with Crippen LogP contribution in [0.5, 0.6) is 0 Å². The number of rotatable bonds is 35. The molecule has 0 bridgehead atoms. The van der Waals surface area contributed by atoms with Gasteiger partial charge in [0.25, 0.3) is 0 Å². The monoisotopic (exact) mass is 603 g/mol. The largest absolute Gasteiger partial charge is 0.356 e. The van der Waals surface area contributed by atoms with Crippen LogP contribution in [0, 0.1) is 0 Å². The van der Waals surface area contributed by atoms with Gasteiger partial charge in [-0.25, -0.2) is 0 Å². The molecule has 0 fully saturated rings. The molecule has 1 aliphatic rings. The van der Waals surface area contributed by atoms with Crippen molar-refractivity contribution in [1.29, 1.82) is 0 Å². The average molecular weight is 603 g/mol. The van der Waals surface area contributed by atoms with Crippen molar-refractivity contribution in [1.82, 2.24) is 9.80 Å². The van der Waals surface area contributed by atoms with Crippen LogP contribution in [0.2, 0.25) is 0 Å². The first kappa shape index (κ1) is 40.4. The van der Waals surface area contributed by atoms with Gasteiger partial charge in [0, 0.05) is 25.5 Å². The zero-order chi connectivity index (χ0) is 30.9. The van der Waals surface area contributed by atoms with Crippen LogP contribution in [0.3, 0.4) is 0 Å². The molecule has 0 aromatic heterocycles. The Morgan fingerprint density at radius 3 is 0.860 bits per heavy atom. The lowest BCUT2D eigenvalue weighted by atomic mass is 10.0. The molecule has 0 amide bonds. The van der Waals surface area contributed by atoms with Gasteiger partial charge in [0.05, 0.1) is 0 Å². The summed E-state index contributed by atoms with van der Waals surface area (Å²) in [6, 6.07) is 0. The molecule has 0 saturated heterocycles. The predicted molar refractivity (Wildman–Crippen MR) is 196 cm³/mol. The molecule has 0 saturated carbocycles. The second kappa shape index (κ2) is 32.7. The number of unbranched alkanes of at least 4 members (excludes halogenated alkanes) is 29. The summed E-state index contributed by atoms with van der Waals surface area (Å²) in [5, 5.41) is 0. The van der Waals surface area contributed by atoms with Gasteiger partial charge in [-0.1, -0.05) is 207 Å². The molecule has 0 spiro atoms. The number of hydrogen-bond donors (Lipinski definition) is 0. The normalized spacial score (nSPS) is 14.9. The van der Waals surface area contributed by atoms with Crippen LogP contribution >= 0.6 is 0 Å². The topological polar surface area (TPSA) is 6.48 Å². The van der Waals surface area contributed by atoms with E-state index < -0.39 is 0 Å². The standard InChI is InChI=1S/C41H82N2/c1-4-7-10-12-14-16-18-20-22-24-26-28-30-32-35-38-43-40-39-42(37-34-9-6-3)41(43)36-33-31-29-27-25-23-21-19-17-15-13-11-8-5-2/h39-41H,4-38H2,1-3H3. The van der Waals surface area contributed by atoms with Crippen LogP contribution in [0.25, 0.3) is 0 Å². The molecular weight excluding hydrogens is 520 g/mol. The quantitative estimate of drug-likeness (QED) is 0.0666. The summed E-state index contributed by atoms with van der Waals surface area (Å²) < 4.78 is 0. The first-order chi connectivity index (χ1) is 21.3. The summed E-state index contributed by atoms with van der Waals surface area (Å²) in [7, 11) is 0. The Labute approximate surface area is 273 Å². The lowest BCUT2D eigenvalue weighted by Gasteiger charge is -2.33. The lowest BCUT2D eigenvalue weighted by Crippen LogP contribution is -2.39. The Morgan fingerprint density at radius 1 is 0.302 bits per heavy atom. The van der Waals surface area contributed by atoms with Gasteiger partial charge in [0.1, 0.15) is 6.17 Å². The third-order valence-corrected chi connectivity index (χ3v) is 10.1. The van der Waals surface area contributed by atoms with Gasteiger partial charge in [0.2, 0.25) is 0 Å². The Morgan fingerprint density at radius 2 is 0.535 bits per heavy atom. The van der Waals surface area contributed by atoms with E-state index in [0.29, 0.717) is 6.17 Å². The van der Waals surface area contributed by atoms with Gasteiger partial charge < -0.3 is 9.80 Å². The van der Waals surface area contributed by atoms with Crippen molar-refractivity contribution in [2.75, 3.05) is 13.1 Å². The number of hydrogen-bond acceptors (Lipinski definition) is 2. The molecule has 0 aromatic rings. The molecule has 0 N–H and O–H groups in total. The van der Waals surface area contributed by atoms with Gasteiger partial charge in [-0.05, 0) is 25.7 Å². The van der Waals surface area contributed by atoms with Crippen molar-refractivity contribution in [3.8, 4) is 0 Å². The minimum absolute atomic E-state index is 0.640. The summed E-state index contributed by atoms with van der Waals surface area (Å²) in [5.74, 6) is 0. The third kappa shape index (κ3) is 25.2. The second-order valence-corrected chi connectivity index (χ2v) is 14.3. The highest BCUT2D eigenvalue weighted by Crippen LogP contribution is 2.24. The molecule has 43 heavy (non-hydrogen) atoms. The van der Waals surface area contributed by atoms with Crippen molar-refractivity contribution in [3.63, 3.8) is 0 Å². The van der Waals surface area contributed by atoms with Gasteiger partial charge in [-0.3, -0.25) is 0 Å². The molecule has 0 aromatic carbocycles. The minimum Gasteiger partial charge on any atom is -0.356 e. The molecular formula is C41H82N2. The van der Waals surface area contributed by atoms with Gasteiger partial charge >= 0.3 is 0 Å². The predicted octanol–water partition coefficient (Wildman–Crippen LogP) is 14.3. The van der Waals surface area contributed by atoms with Gasteiger partial charge in [-0.2, -0.15) is 0 Å². The maximum atomic E-state index is 2.70. The van der Waals surface area contributed by atoms with E-state index in [4.69, 9.17) is 0 Å². The van der Waals surface area contributed by atoms with Crippen LogP contribution < -0.4 is 0 Å². The summed E-state index contributed by atoms with van der Waals surface area (Å²) in [6.07, 6.45) is 53.0. The second-order valence-electron chi connectivity index (χ2n) is 14.3. The van der Waals surface area contributed by atoms with Crippen LogP contribution in [0.15, 0.2) is 12.4 Å². The highest BCUT2D eigenvalue weighted by Gasteiger charge is 2.24. The zero-order valence-electron chi connectivity index (χ0n) is 30.4. The van der Waals surface area contributed by atoms with E-state index >= 15 is 0 Å².